The number of nitrogens with two attached hydrogens (primary N) is 1. The Kier molecular flexibility index (Phi) is 5.16. The zero-order valence-corrected chi connectivity index (χ0v) is 7.26. The lowest BCUT2D eigenvalue weighted by Gasteiger charge is -1.98. The Morgan fingerprint density at radius 1 is 1.67 bits per heavy atom. The van der Waals surface area contributed by atoms with Gasteiger partial charge in [-0.15, -0.1) is 12.4 Å². The van der Waals surface area contributed by atoms with Crippen molar-refractivity contribution in [3.05, 3.63) is 24.2 Å². The Bertz CT molecular complexity index is 223. The van der Waals surface area contributed by atoms with Gasteiger partial charge in [0, 0.05) is 0 Å². The van der Waals surface area contributed by atoms with Crippen LogP contribution in [0.5, 0.6) is 0 Å². The van der Waals surface area contributed by atoms with Crippen LogP contribution >= 0.6 is 12.4 Å². The second-order valence-corrected chi connectivity index (χ2v) is 2.06. The average Bonchev–Trinajstić information content (AvgIpc) is 2.52. The van der Waals surface area contributed by atoms with Crippen LogP contribution in [-0.4, -0.2) is 12.5 Å². The molecule has 5 heteroatoms. The summed E-state index contributed by atoms with van der Waals surface area (Å²) in [4.78, 5) is 10.6. The third-order valence-corrected chi connectivity index (χ3v) is 1.23. The predicted octanol–water partition coefficient (Wildman–Crippen LogP) is 0.276. The summed E-state index contributed by atoms with van der Waals surface area (Å²) in [7, 11) is 0. The summed E-state index contributed by atoms with van der Waals surface area (Å²) in [6.07, 6.45) is 1.56. The van der Waals surface area contributed by atoms with Crippen molar-refractivity contribution in [3.8, 4) is 0 Å². The lowest BCUT2D eigenvalue weighted by molar-refractivity contribution is -0.119. The Morgan fingerprint density at radius 2 is 2.42 bits per heavy atom. The van der Waals surface area contributed by atoms with Crippen LogP contribution in [0.4, 0.5) is 0 Å². The van der Waals surface area contributed by atoms with E-state index in [-0.39, 0.29) is 24.9 Å². The summed E-state index contributed by atoms with van der Waals surface area (Å²) in [5, 5.41) is 2.58. The summed E-state index contributed by atoms with van der Waals surface area (Å²) >= 11 is 0. The molecule has 0 unspecified atom stereocenters. The predicted molar refractivity (Wildman–Crippen MR) is 46.9 cm³/mol. The van der Waals surface area contributed by atoms with Gasteiger partial charge in [0.25, 0.3) is 0 Å². The van der Waals surface area contributed by atoms with Crippen LogP contribution in [0.2, 0.25) is 0 Å². The molecule has 0 aliphatic rings. The van der Waals surface area contributed by atoms with E-state index in [0.717, 1.165) is 5.76 Å². The van der Waals surface area contributed by atoms with Gasteiger partial charge in [0.15, 0.2) is 0 Å². The molecule has 0 aliphatic heterocycles. The second kappa shape index (κ2) is 5.62. The van der Waals surface area contributed by atoms with E-state index in [1.54, 1.807) is 18.4 Å². The maximum atomic E-state index is 10.6. The molecule has 0 bridgehead atoms. The first-order valence-corrected chi connectivity index (χ1v) is 3.32. The minimum absolute atomic E-state index is 0. The van der Waals surface area contributed by atoms with Gasteiger partial charge in [0.1, 0.15) is 5.76 Å². The quantitative estimate of drug-likeness (QED) is 0.719. The first-order chi connectivity index (χ1) is 5.33. The van der Waals surface area contributed by atoms with Gasteiger partial charge in [-0.25, -0.2) is 0 Å². The Labute approximate surface area is 76.5 Å². The fraction of sp³-hybridized carbons (Fsp3) is 0.286. The maximum absolute atomic E-state index is 10.6. The normalized spacial score (nSPS) is 8.75. The number of amides is 1. The topological polar surface area (TPSA) is 68.3 Å². The van der Waals surface area contributed by atoms with E-state index in [9.17, 15) is 4.79 Å². The van der Waals surface area contributed by atoms with E-state index >= 15 is 0 Å². The van der Waals surface area contributed by atoms with Crippen molar-refractivity contribution in [2.45, 2.75) is 6.54 Å². The van der Waals surface area contributed by atoms with Crippen LogP contribution in [-0.2, 0) is 11.3 Å². The van der Waals surface area contributed by atoms with Gasteiger partial charge < -0.3 is 15.5 Å². The van der Waals surface area contributed by atoms with Gasteiger partial charge in [0.2, 0.25) is 5.91 Å². The molecule has 0 aromatic carbocycles. The first-order valence-electron chi connectivity index (χ1n) is 3.32. The molecule has 0 spiro atoms. The molecule has 12 heavy (non-hydrogen) atoms. The van der Waals surface area contributed by atoms with Crippen molar-refractivity contribution in [1.29, 1.82) is 0 Å². The van der Waals surface area contributed by atoms with E-state index in [2.05, 4.69) is 5.32 Å². The van der Waals surface area contributed by atoms with Gasteiger partial charge in [-0.1, -0.05) is 0 Å². The minimum atomic E-state index is -0.179. The van der Waals surface area contributed by atoms with E-state index < -0.39 is 0 Å². The van der Waals surface area contributed by atoms with Crippen molar-refractivity contribution in [2.24, 2.45) is 5.73 Å². The molecule has 0 radical (unpaired) electrons. The molecule has 0 aliphatic carbocycles. The number of carbonyl (C=O) groups is 1. The molecule has 1 aromatic heterocycles. The molecule has 1 heterocycles. The molecule has 68 valence electrons. The number of furan rings is 1. The standard InChI is InChI=1S/C7H10N2O2.ClH/c8-4-7(10)9-5-6-2-1-3-11-6;/h1-3H,4-5,8H2,(H,9,10);1H. The summed E-state index contributed by atoms with van der Waals surface area (Å²) in [5.41, 5.74) is 5.07. The number of carbonyl (C=O) groups excluding carboxylic acids is 1. The molecule has 3 N–H and O–H groups in total. The van der Waals surface area contributed by atoms with E-state index in [4.69, 9.17) is 10.2 Å². The van der Waals surface area contributed by atoms with Crippen molar-refractivity contribution in [1.82, 2.24) is 5.32 Å². The van der Waals surface area contributed by atoms with Crippen LogP contribution in [0, 0.1) is 0 Å². The zero-order valence-electron chi connectivity index (χ0n) is 6.45. The number of nitrogens with one attached hydrogen (secondary N) is 1. The van der Waals surface area contributed by atoms with Gasteiger partial charge in [-0.3, -0.25) is 4.79 Å². The third kappa shape index (κ3) is 3.41. The maximum Gasteiger partial charge on any atom is 0.234 e. The molecule has 0 fully saturated rings. The summed E-state index contributed by atoms with van der Waals surface area (Å²) < 4.78 is 4.97. The number of hydrogen-bond donors (Lipinski definition) is 2. The van der Waals surface area contributed by atoms with E-state index in [1.165, 1.54) is 0 Å². The molecule has 0 saturated heterocycles. The van der Waals surface area contributed by atoms with Gasteiger partial charge in [-0.05, 0) is 12.1 Å². The van der Waals surface area contributed by atoms with Crippen LogP contribution in [0.1, 0.15) is 5.76 Å². The summed E-state index contributed by atoms with van der Waals surface area (Å²) in [6, 6.07) is 3.56. The molecule has 1 amide bonds. The van der Waals surface area contributed by atoms with Crippen molar-refractivity contribution in [3.63, 3.8) is 0 Å². The molecule has 4 nitrogen and oxygen atoms in total. The Balaban J connectivity index is 0.00000121. The lowest BCUT2D eigenvalue weighted by Crippen LogP contribution is -2.29. The fourth-order valence-corrected chi connectivity index (χ4v) is 0.671. The van der Waals surface area contributed by atoms with Crippen LogP contribution in [0.25, 0.3) is 0 Å². The minimum Gasteiger partial charge on any atom is -0.467 e. The summed E-state index contributed by atoms with van der Waals surface area (Å²) in [5.74, 6) is 0.549. The highest BCUT2D eigenvalue weighted by molar-refractivity contribution is 5.85. The fourth-order valence-electron chi connectivity index (χ4n) is 0.671. The highest BCUT2D eigenvalue weighted by atomic mass is 35.5. The molecular formula is C7H11ClN2O2. The van der Waals surface area contributed by atoms with Gasteiger partial charge >= 0.3 is 0 Å². The monoisotopic (exact) mass is 190 g/mol. The SMILES string of the molecule is Cl.NCC(=O)NCc1ccco1. The van der Waals surface area contributed by atoms with Crippen molar-refractivity contribution in [2.75, 3.05) is 6.54 Å². The van der Waals surface area contributed by atoms with Crippen LogP contribution in [0.3, 0.4) is 0 Å². The average molecular weight is 191 g/mol. The first kappa shape index (κ1) is 11.0. The number of rotatable bonds is 3. The number of hydrogen-bond acceptors (Lipinski definition) is 3. The Morgan fingerprint density at radius 3 is 2.92 bits per heavy atom. The second-order valence-electron chi connectivity index (χ2n) is 2.06. The largest absolute Gasteiger partial charge is 0.467 e. The molecule has 1 aromatic rings. The molecular weight excluding hydrogens is 180 g/mol. The van der Waals surface area contributed by atoms with E-state index in [1.807, 2.05) is 0 Å². The van der Waals surface area contributed by atoms with Crippen LogP contribution in [0.15, 0.2) is 22.8 Å². The van der Waals surface area contributed by atoms with Gasteiger partial charge in [-0.2, -0.15) is 0 Å². The molecule has 1 rings (SSSR count). The molecule has 0 saturated carbocycles. The zero-order chi connectivity index (χ0) is 8.10. The van der Waals surface area contributed by atoms with Crippen molar-refractivity contribution >= 4 is 18.3 Å². The Hall–Kier alpha value is -1.00. The highest BCUT2D eigenvalue weighted by Crippen LogP contribution is 1.97. The smallest absolute Gasteiger partial charge is 0.234 e. The lowest BCUT2D eigenvalue weighted by atomic mass is 10.4. The van der Waals surface area contributed by atoms with Crippen molar-refractivity contribution < 1.29 is 9.21 Å². The van der Waals surface area contributed by atoms with Gasteiger partial charge in [0.05, 0.1) is 19.4 Å². The third-order valence-electron chi connectivity index (χ3n) is 1.23. The van der Waals surface area contributed by atoms with Crippen LogP contribution < -0.4 is 11.1 Å². The highest BCUT2D eigenvalue weighted by Gasteiger charge is 1.98. The number of halogens is 1. The molecule has 0 atom stereocenters. The van der Waals surface area contributed by atoms with E-state index in [0.29, 0.717) is 6.54 Å². The summed E-state index contributed by atoms with van der Waals surface area (Å²) in [6.45, 7) is 0.420.